The fourth-order valence-corrected chi connectivity index (χ4v) is 3.62. The van der Waals surface area contributed by atoms with Gasteiger partial charge in [-0.1, -0.05) is 6.07 Å². The smallest absolute Gasteiger partial charge is 0.246 e. The van der Waals surface area contributed by atoms with Gasteiger partial charge in [0.15, 0.2) is 18.1 Å². The highest BCUT2D eigenvalue weighted by Gasteiger charge is 2.19. The Bertz CT molecular complexity index is 835. The SMILES string of the molecule is COc1cc(/C=C/C(=O)N2CCc3sccc3C2)ccc1OCC#N. The average Bonchev–Trinajstić information content (AvgIpc) is 3.12. The first-order valence-electron chi connectivity index (χ1n) is 7.91. The minimum atomic E-state index is -0.0381. The molecule has 0 fully saturated rings. The van der Waals surface area contributed by atoms with Crippen LogP contribution in [-0.4, -0.2) is 31.1 Å². The van der Waals surface area contributed by atoms with Gasteiger partial charge in [-0.2, -0.15) is 5.26 Å². The maximum absolute atomic E-state index is 12.4. The van der Waals surface area contributed by atoms with Gasteiger partial charge in [-0.05, 0) is 47.2 Å². The number of nitrogens with zero attached hydrogens (tertiary/aromatic N) is 2. The van der Waals surface area contributed by atoms with E-state index in [2.05, 4.69) is 11.4 Å². The number of rotatable bonds is 5. The summed E-state index contributed by atoms with van der Waals surface area (Å²) in [4.78, 5) is 15.7. The van der Waals surface area contributed by atoms with E-state index in [1.165, 1.54) is 10.4 Å². The van der Waals surface area contributed by atoms with Gasteiger partial charge in [-0.15, -0.1) is 11.3 Å². The topological polar surface area (TPSA) is 62.6 Å². The van der Waals surface area contributed by atoms with Crippen LogP contribution in [-0.2, 0) is 17.8 Å². The first kappa shape index (κ1) is 17.1. The van der Waals surface area contributed by atoms with Crippen molar-refractivity contribution in [2.24, 2.45) is 0 Å². The highest BCUT2D eigenvalue weighted by molar-refractivity contribution is 7.10. The molecule has 1 aliphatic heterocycles. The second-order valence-corrected chi connectivity index (χ2v) is 6.57. The Labute approximate surface area is 150 Å². The Morgan fingerprint density at radius 2 is 2.28 bits per heavy atom. The molecule has 0 radical (unpaired) electrons. The standard InChI is InChI=1S/C19H18N2O3S/c1-23-17-12-14(2-4-16(17)24-10-8-20)3-5-19(22)21-9-6-18-15(13-21)7-11-25-18/h2-5,7,11-12H,6,9-10,13H2,1H3/b5-3+. The number of nitriles is 1. The van der Waals surface area contributed by atoms with E-state index in [1.807, 2.05) is 17.0 Å². The van der Waals surface area contributed by atoms with Crippen LogP contribution in [0.1, 0.15) is 16.0 Å². The highest BCUT2D eigenvalue weighted by Crippen LogP contribution is 2.29. The van der Waals surface area contributed by atoms with E-state index in [9.17, 15) is 4.79 Å². The van der Waals surface area contributed by atoms with Gasteiger partial charge >= 0.3 is 0 Å². The maximum Gasteiger partial charge on any atom is 0.246 e. The number of ether oxygens (including phenoxy) is 2. The van der Waals surface area contributed by atoms with Crippen molar-refractivity contribution < 1.29 is 14.3 Å². The van der Waals surface area contributed by atoms with E-state index in [-0.39, 0.29) is 12.5 Å². The molecule has 1 aliphatic rings. The number of carbonyl (C=O) groups excluding carboxylic acids is 1. The molecule has 25 heavy (non-hydrogen) atoms. The van der Waals surface area contributed by atoms with Gasteiger partial charge in [0, 0.05) is 24.0 Å². The van der Waals surface area contributed by atoms with Crippen molar-refractivity contribution in [1.29, 1.82) is 5.26 Å². The minimum Gasteiger partial charge on any atom is -0.493 e. The summed E-state index contributed by atoms with van der Waals surface area (Å²) in [5.74, 6) is 1.04. The highest BCUT2D eigenvalue weighted by atomic mass is 32.1. The van der Waals surface area contributed by atoms with Crippen LogP contribution in [0.4, 0.5) is 0 Å². The molecule has 5 nitrogen and oxygen atoms in total. The van der Waals surface area contributed by atoms with Crippen LogP contribution in [0.5, 0.6) is 11.5 Å². The van der Waals surface area contributed by atoms with Crippen LogP contribution in [0, 0.1) is 11.3 Å². The molecule has 1 aromatic heterocycles. The summed E-state index contributed by atoms with van der Waals surface area (Å²) in [6.45, 7) is 1.39. The van der Waals surface area contributed by atoms with Crippen molar-refractivity contribution in [3.8, 4) is 17.6 Å². The van der Waals surface area contributed by atoms with Crippen LogP contribution in [0.25, 0.3) is 6.08 Å². The van der Waals surface area contributed by atoms with Gasteiger partial charge in [0.1, 0.15) is 6.07 Å². The van der Waals surface area contributed by atoms with Crippen molar-refractivity contribution in [1.82, 2.24) is 4.90 Å². The molecule has 6 heteroatoms. The van der Waals surface area contributed by atoms with Crippen LogP contribution >= 0.6 is 11.3 Å². The summed E-state index contributed by atoms with van der Waals surface area (Å²) in [6.07, 6.45) is 4.27. The minimum absolute atomic E-state index is 0.000578. The Kier molecular flexibility index (Phi) is 5.36. The quantitative estimate of drug-likeness (QED) is 0.773. The molecule has 2 aromatic rings. The van der Waals surface area contributed by atoms with E-state index < -0.39 is 0 Å². The Morgan fingerprint density at radius 3 is 3.08 bits per heavy atom. The average molecular weight is 354 g/mol. The molecule has 0 unspecified atom stereocenters. The van der Waals surface area contributed by atoms with Crippen molar-refractivity contribution in [2.45, 2.75) is 13.0 Å². The lowest BCUT2D eigenvalue weighted by Gasteiger charge is -2.25. The van der Waals surface area contributed by atoms with E-state index in [4.69, 9.17) is 14.7 Å². The summed E-state index contributed by atoms with van der Waals surface area (Å²) >= 11 is 1.76. The molecule has 2 heterocycles. The number of hydrogen-bond donors (Lipinski definition) is 0. The Morgan fingerprint density at radius 1 is 1.40 bits per heavy atom. The molecular formula is C19H18N2O3S. The summed E-state index contributed by atoms with van der Waals surface area (Å²) in [5, 5.41) is 10.7. The molecular weight excluding hydrogens is 336 g/mol. The van der Waals surface area contributed by atoms with Crippen LogP contribution in [0.2, 0.25) is 0 Å². The normalized spacial score (nSPS) is 13.4. The van der Waals surface area contributed by atoms with Crippen LogP contribution in [0.3, 0.4) is 0 Å². The lowest BCUT2D eigenvalue weighted by atomic mass is 10.1. The van der Waals surface area contributed by atoms with Crippen LogP contribution in [0.15, 0.2) is 35.7 Å². The third-order valence-corrected chi connectivity index (χ3v) is 5.04. The number of amides is 1. The number of methoxy groups -OCH3 is 1. The monoisotopic (exact) mass is 354 g/mol. The predicted octanol–water partition coefficient (Wildman–Crippen LogP) is 3.26. The van der Waals surface area contributed by atoms with Crippen molar-refractivity contribution >= 4 is 23.3 Å². The van der Waals surface area contributed by atoms with Crippen molar-refractivity contribution in [3.05, 3.63) is 51.7 Å². The second kappa shape index (κ2) is 7.86. The molecule has 128 valence electrons. The zero-order chi connectivity index (χ0) is 17.6. The van der Waals surface area contributed by atoms with E-state index in [0.717, 1.165) is 18.5 Å². The molecule has 0 aliphatic carbocycles. The summed E-state index contributed by atoms with van der Waals surface area (Å²) in [6, 6.07) is 9.36. The van der Waals surface area contributed by atoms with Gasteiger partial charge < -0.3 is 14.4 Å². The van der Waals surface area contributed by atoms with Gasteiger partial charge in [-0.25, -0.2) is 0 Å². The molecule has 0 saturated heterocycles. The Balaban J connectivity index is 1.67. The van der Waals surface area contributed by atoms with E-state index >= 15 is 0 Å². The summed E-state index contributed by atoms with van der Waals surface area (Å²) < 4.78 is 10.6. The van der Waals surface area contributed by atoms with Gasteiger partial charge in [-0.3, -0.25) is 4.79 Å². The lowest BCUT2D eigenvalue weighted by Crippen LogP contribution is -2.34. The zero-order valence-electron chi connectivity index (χ0n) is 13.9. The van der Waals surface area contributed by atoms with Gasteiger partial charge in [0.05, 0.1) is 7.11 Å². The first-order chi connectivity index (χ1) is 12.2. The summed E-state index contributed by atoms with van der Waals surface area (Å²) in [7, 11) is 1.54. The first-order valence-corrected chi connectivity index (χ1v) is 8.79. The van der Waals surface area contributed by atoms with E-state index in [0.29, 0.717) is 18.0 Å². The number of hydrogen-bond acceptors (Lipinski definition) is 5. The maximum atomic E-state index is 12.4. The number of fused-ring (bicyclic) bond motifs is 1. The van der Waals surface area contributed by atoms with Gasteiger partial charge in [0.2, 0.25) is 5.91 Å². The molecule has 1 aromatic carbocycles. The fraction of sp³-hybridized carbons (Fsp3) is 0.263. The lowest BCUT2D eigenvalue weighted by molar-refractivity contribution is -0.126. The molecule has 0 atom stereocenters. The molecule has 3 rings (SSSR count). The number of benzene rings is 1. The van der Waals surface area contributed by atoms with Crippen molar-refractivity contribution in [3.63, 3.8) is 0 Å². The Hall–Kier alpha value is -2.78. The molecule has 0 bridgehead atoms. The number of thiophene rings is 1. The molecule has 0 spiro atoms. The van der Waals surface area contributed by atoms with Gasteiger partial charge in [0.25, 0.3) is 0 Å². The van der Waals surface area contributed by atoms with E-state index in [1.54, 1.807) is 42.7 Å². The third kappa shape index (κ3) is 4.01. The zero-order valence-corrected chi connectivity index (χ0v) is 14.7. The number of carbonyl (C=O) groups is 1. The predicted molar refractivity (Wildman–Crippen MR) is 96.6 cm³/mol. The molecule has 0 N–H and O–H groups in total. The summed E-state index contributed by atoms with van der Waals surface area (Å²) in [5.41, 5.74) is 2.08. The molecule has 0 saturated carbocycles. The second-order valence-electron chi connectivity index (χ2n) is 5.57. The fourth-order valence-electron chi connectivity index (χ4n) is 2.73. The van der Waals surface area contributed by atoms with Crippen LogP contribution < -0.4 is 9.47 Å². The largest absolute Gasteiger partial charge is 0.493 e. The van der Waals surface area contributed by atoms with Crippen molar-refractivity contribution in [2.75, 3.05) is 20.3 Å². The molecule has 1 amide bonds. The third-order valence-electron chi connectivity index (χ3n) is 4.02.